The first-order valence-corrected chi connectivity index (χ1v) is 9.29. The quantitative estimate of drug-likeness (QED) is 0.791. The second-order valence-corrected chi connectivity index (χ2v) is 8.06. The first kappa shape index (κ1) is 20.6. The third kappa shape index (κ3) is 3.30. The van der Waals surface area contributed by atoms with Crippen LogP contribution in [0.3, 0.4) is 0 Å². The number of carbonyl (C=O) groups is 1. The average molecular weight is 414 g/mol. The SMILES string of the molecule is CN1C(=O)C(C)(C)[C@](C)(c2cc(Nc3ccc(C#N)cc3Cl)ccc2F)N=C1N. The van der Waals surface area contributed by atoms with E-state index in [0.29, 0.717) is 22.0 Å². The standard InChI is InChI=1S/C21H21ClFN5O/c1-20(2)18(29)28(4)19(25)27-21(20,3)14-10-13(6-7-16(14)23)26-17-8-5-12(11-24)9-15(17)22/h5-10,26H,1-4H3,(H2,25,27)/t21-/m0/s1. The lowest BCUT2D eigenvalue weighted by molar-refractivity contribution is -0.140. The molecule has 8 heteroatoms. The number of nitrogens with two attached hydrogens (primary N) is 1. The minimum absolute atomic E-state index is 0.0322. The maximum Gasteiger partial charge on any atom is 0.237 e. The molecular weight excluding hydrogens is 393 g/mol. The summed E-state index contributed by atoms with van der Waals surface area (Å²) in [6, 6.07) is 11.3. The van der Waals surface area contributed by atoms with Gasteiger partial charge in [0, 0.05) is 18.3 Å². The Morgan fingerprint density at radius 2 is 1.93 bits per heavy atom. The summed E-state index contributed by atoms with van der Waals surface area (Å²) >= 11 is 6.23. The molecule has 0 saturated heterocycles. The maximum absolute atomic E-state index is 14.9. The molecule has 0 aliphatic carbocycles. The van der Waals surface area contributed by atoms with Gasteiger partial charge < -0.3 is 11.1 Å². The summed E-state index contributed by atoms with van der Waals surface area (Å²) < 4.78 is 14.9. The lowest BCUT2D eigenvalue weighted by Crippen LogP contribution is -2.58. The van der Waals surface area contributed by atoms with Gasteiger partial charge in [0.25, 0.3) is 0 Å². The number of hydrogen-bond acceptors (Lipinski definition) is 5. The predicted molar refractivity (Wildman–Crippen MR) is 111 cm³/mol. The van der Waals surface area contributed by atoms with Crippen LogP contribution < -0.4 is 11.1 Å². The summed E-state index contributed by atoms with van der Waals surface area (Å²) in [6.07, 6.45) is 0. The molecule has 29 heavy (non-hydrogen) atoms. The van der Waals surface area contributed by atoms with Crippen molar-refractivity contribution < 1.29 is 9.18 Å². The molecular formula is C21H21ClFN5O. The summed E-state index contributed by atoms with van der Waals surface area (Å²) in [4.78, 5) is 18.6. The Kier molecular flexibility index (Phi) is 5.01. The van der Waals surface area contributed by atoms with Crippen LogP contribution in [0.4, 0.5) is 15.8 Å². The second-order valence-electron chi connectivity index (χ2n) is 7.66. The maximum atomic E-state index is 14.9. The van der Waals surface area contributed by atoms with Crippen LogP contribution >= 0.6 is 11.6 Å². The van der Waals surface area contributed by atoms with Crippen LogP contribution in [0, 0.1) is 22.6 Å². The Hall–Kier alpha value is -3.11. The highest BCUT2D eigenvalue weighted by Crippen LogP contribution is 2.47. The molecule has 0 unspecified atom stereocenters. The highest BCUT2D eigenvalue weighted by Gasteiger charge is 2.53. The number of benzene rings is 2. The minimum atomic E-state index is -1.21. The van der Waals surface area contributed by atoms with Gasteiger partial charge in [-0.25, -0.2) is 9.38 Å². The van der Waals surface area contributed by atoms with Crippen molar-refractivity contribution in [1.29, 1.82) is 5.26 Å². The highest BCUT2D eigenvalue weighted by molar-refractivity contribution is 6.33. The van der Waals surface area contributed by atoms with Crippen molar-refractivity contribution in [3.63, 3.8) is 0 Å². The average Bonchev–Trinajstić information content (AvgIpc) is 2.68. The molecule has 1 aliphatic rings. The third-order valence-electron chi connectivity index (χ3n) is 5.61. The number of rotatable bonds is 3. The van der Waals surface area contributed by atoms with Gasteiger partial charge in [0.2, 0.25) is 5.91 Å². The van der Waals surface area contributed by atoms with E-state index in [1.54, 1.807) is 58.2 Å². The van der Waals surface area contributed by atoms with Crippen LogP contribution in [0.2, 0.25) is 5.02 Å². The van der Waals surface area contributed by atoms with Gasteiger partial charge in [0.1, 0.15) is 11.4 Å². The van der Waals surface area contributed by atoms with Gasteiger partial charge in [-0.1, -0.05) is 11.6 Å². The fourth-order valence-corrected chi connectivity index (χ4v) is 3.62. The van der Waals surface area contributed by atoms with E-state index in [1.807, 2.05) is 6.07 Å². The van der Waals surface area contributed by atoms with Crippen molar-refractivity contribution in [3.05, 3.63) is 58.4 Å². The van der Waals surface area contributed by atoms with Crippen molar-refractivity contribution >= 4 is 34.8 Å². The van der Waals surface area contributed by atoms with Crippen molar-refractivity contribution in [2.45, 2.75) is 26.3 Å². The van der Waals surface area contributed by atoms with Gasteiger partial charge in [-0.3, -0.25) is 9.69 Å². The summed E-state index contributed by atoms with van der Waals surface area (Å²) in [5, 5.41) is 12.5. The molecule has 1 heterocycles. The molecule has 0 spiro atoms. The van der Waals surface area contributed by atoms with Crippen LogP contribution in [0.5, 0.6) is 0 Å². The van der Waals surface area contributed by atoms with Gasteiger partial charge >= 0.3 is 0 Å². The Balaban J connectivity index is 2.08. The van der Waals surface area contributed by atoms with E-state index in [1.165, 1.54) is 11.0 Å². The van der Waals surface area contributed by atoms with Crippen molar-refractivity contribution in [2.24, 2.45) is 16.1 Å². The normalized spacial score (nSPS) is 20.8. The van der Waals surface area contributed by atoms with E-state index in [9.17, 15) is 9.18 Å². The van der Waals surface area contributed by atoms with Crippen LogP contribution in [-0.2, 0) is 10.3 Å². The topological polar surface area (TPSA) is 94.5 Å². The van der Waals surface area contributed by atoms with Crippen molar-refractivity contribution in [1.82, 2.24) is 4.90 Å². The van der Waals surface area contributed by atoms with E-state index >= 15 is 0 Å². The number of nitrogens with one attached hydrogen (secondary N) is 1. The van der Waals surface area contributed by atoms with Crippen molar-refractivity contribution in [3.8, 4) is 6.07 Å². The number of guanidine groups is 1. The predicted octanol–water partition coefficient (Wildman–Crippen LogP) is 4.12. The number of carbonyl (C=O) groups excluding carboxylic acids is 1. The van der Waals surface area contributed by atoms with E-state index < -0.39 is 16.8 Å². The Morgan fingerprint density at radius 1 is 1.24 bits per heavy atom. The molecule has 0 aromatic heterocycles. The van der Waals surface area contributed by atoms with E-state index in [4.69, 9.17) is 22.6 Å². The summed E-state index contributed by atoms with van der Waals surface area (Å²) in [6.45, 7) is 5.14. The lowest BCUT2D eigenvalue weighted by Gasteiger charge is -2.46. The number of aliphatic imine (C=N–C) groups is 1. The van der Waals surface area contributed by atoms with Gasteiger partial charge in [0.05, 0.1) is 27.8 Å². The molecule has 3 N–H and O–H groups in total. The molecule has 0 bridgehead atoms. The molecule has 150 valence electrons. The van der Waals surface area contributed by atoms with Crippen LogP contribution in [-0.4, -0.2) is 23.8 Å². The number of nitriles is 1. The molecule has 0 saturated carbocycles. The van der Waals surface area contributed by atoms with E-state index in [0.717, 1.165) is 0 Å². The largest absolute Gasteiger partial charge is 0.369 e. The van der Waals surface area contributed by atoms with Gasteiger partial charge in [0.15, 0.2) is 5.96 Å². The summed E-state index contributed by atoms with van der Waals surface area (Å²) in [5.74, 6) is -0.712. The number of nitrogens with zero attached hydrogens (tertiary/aromatic N) is 3. The highest BCUT2D eigenvalue weighted by atomic mass is 35.5. The van der Waals surface area contributed by atoms with Gasteiger partial charge in [-0.05, 0) is 57.2 Å². The Labute approximate surface area is 173 Å². The van der Waals surface area contributed by atoms with Crippen LogP contribution in [0.1, 0.15) is 31.9 Å². The molecule has 1 atom stereocenters. The molecule has 0 fully saturated rings. The summed E-state index contributed by atoms with van der Waals surface area (Å²) in [7, 11) is 1.55. The van der Waals surface area contributed by atoms with Gasteiger partial charge in [-0.2, -0.15) is 5.26 Å². The zero-order valence-corrected chi connectivity index (χ0v) is 17.3. The minimum Gasteiger partial charge on any atom is -0.369 e. The first-order valence-electron chi connectivity index (χ1n) is 8.91. The summed E-state index contributed by atoms with van der Waals surface area (Å²) in [5.41, 5.74) is 5.49. The molecule has 2 aromatic carbocycles. The van der Waals surface area contributed by atoms with Crippen LogP contribution in [0.15, 0.2) is 41.4 Å². The molecule has 1 aliphatic heterocycles. The van der Waals surface area contributed by atoms with Crippen LogP contribution in [0.25, 0.3) is 0 Å². The molecule has 2 aromatic rings. The fraction of sp³-hybridized carbons (Fsp3) is 0.286. The molecule has 1 amide bonds. The fourth-order valence-electron chi connectivity index (χ4n) is 3.39. The Bertz CT molecular complexity index is 1080. The monoisotopic (exact) mass is 413 g/mol. The Morgan fingerprint density at radius 3 is 2.55 bits per heavy atom. The molecule has 6 nitrogen and oxygen atoms in total. The zero-order chi connectivity index (χ0) is 21.6. The van der Waals surface area contributed by atoms with E-state index in [2.05, 4.69) is 10.3 Å². The number of halogens is 2. The van der Waals surface area contributed by atoms with Crippen molar-refractivity contribution in [2.75, 3.05) is 12.4 Å². The number of anilines is 2. The van der Waals surface area contributed by atoms with E-state index in [-0.39, 0.29) is 17.4 Å². The third-order valence-corrected chi connectivity index (χ3v) is 5.92. The lowest BCUT2D eigenvalue weighted by atomic mass is 9.67. The van der Waals surface area contributed by atoms with Gasteiger partial charge in [-0.15, -0.1) is 0 Å². The zero-order valence-electron chi connectivity index (χ0n) is 16.5. The first-order chi connectivity index (χ1) is 13.5. The number of amides is 1. The molecule has 0 radical (unpaired) electrons. The smallest absolute Gasteiger partial charge is 0.237 e. The molecule has 3 rings (SSSR count). The number of hydrogen-bond donors (Lipinski definition) is 2. The second kappa shape index (κ2) is 7.05.